The number of oxime groups is 1. The van der Waals surface area contributed by atoms with Gasteiger partial charge in [-0.15, -0.1) is 0 Å². The topological polar surface area (TPSA) is 63.1 Å². The predicted octanol–water partition coefficient (Wildman–Crippen LogP) is 2.69. The van der Waals surface area contributed by atoms with Crippen molar-refractivity contribution in [2.75, 3.05) is 27.8 Å². The Morgan fingerprint density at radius 2 is 1.74 bits per heavy atom. The Bertz CT molecular complexity index is 669. The van der Waals surface area contributed by atoms with E-state index in [9.17, 15) is 5.21 Å². The van der Waals surface area contributed by atoms with E-state index in [4.69, 9.17) is 9.47 Å². The van der Waals surface area contributed by atoms with Crippen molar-refractivity contribution in [1.82, 2.24) is 5.32 Å². The fourth-order valence-corrected chi connectivity index (χ4v) is 2.47. The molecule has 5 nitrogen and oxygen atoms in total. The summed E-state index contributed by atoms with van der Waals surface area (Å²) in [6.45, 7) is 0.802. The summed E-state index contributed by atoms with van der Waals surface area (Å²) in [4.78, 5) is 0. The number of likely N-dealkylation sites (N-methyl/N-ethyl adjacent to an activating group) is 1. The van der Waals surface area contributed by atoms with Gasteiger partial charge in [0.15, 0.2) is 11.5 Å². The fraction of sp³-hybridized carbons (Fsp3) is 0.278. The molecule has 0 saturated heterocycles. The zero-order valence-corrected chi connectivity index (χ0v) is 13.7. The molecule has 0 fully saturated rings. The lowest BCUT2D eigenvalue weighted by atomic mass is 9.95. The van der Waals surface area contributed by atoms with Crippen LogP contribution in [-0.2, 0) is 6.42 Å². The highest BCUT2D eigenvalue weighted by molar-refractivity contribution is 6.13. The summed E-state index contributed by atoms with van der Waals surface area (Å²) < 4.78 is 10.8. The summed E-state index contributed by atoms with van der Waals surface area (Å²) in [7, 11) is 5.10. The highest BCUT2D eigenvalue weighted by atomic mass is 16.5. The highest BCUT2D eigenvalue weighted by Crippen LogP contribution is 2.32. The number of nitrogens with zero attached hydrogens (tertiary/aromatic N) is 1. The molecule has 2 N–H and O–H groups in total. The summed E-state index contributed by atoms with van der Waals surface area (Å²) in [6.07, 6.45) is 0.776. The first-order valence-corrected chi connectivity index (χ1v) is 7.42. The van der Waals surface area contributed by atoms with Crippen molar-refractivity contribution in [3.8, 4) is 11.5 Å². The standard InChI is InChI=1S/C18H22N2O3/c1-19-10-9-14-11-16(22-2)17(23-3)12-15(14)18(20-21)13-7-5-4-6-8-13/h4-8,11-12,19,21H,9-10H2,1-3H3/b20-18-. The van der Waals surface area contributed by atoms with Crippen LogP contribution in [0.5, 0.6) is 11.5 Å². The molecule has 0 bridgehead atoms. The number of nitrogens with one attached hydrogen (secondary N) is 1. The number of rotatable bonds is 7. The molecule has 0 saturated carbocycles. The van der Waals surface area contributed by atoms with Gasteiger partial charge in [0.25, 0.3) is 0 Å². The summed E-state index contributed by atoms with van der Waals surface area (Å²) in [5.41, 5.74) is 3.20. The molecule has 0 spiro atoms. The SMILES string of the molecule is CNCCc1cc(OC)c(OC)cc1/C(=N\O)c1ccccc1. The predicted molar refractivity (Wildman–Crippen MR) is 91.0 cm³/mol. The third kappa shape index (κ3) is 3.81. The van der Waals surface area contributed by atoms with Crippen LogP contribution in [-0.4, -0.2) is 38.7 Å². The minimum absolute atomic E-state index is 0.512. The summed E-state index contributed by atoms with van der Waals surface area (Å²) in [6, 6.07) is 13.4. The Morgan fingerprint density at radius 1 is 1.09 bits per heavy atom. The maximum Gasteiger partial charge on any atom is 0.161 e. The van der Waals surface area contributed by atoms with E-state index >= 15 is 0 Å². The third-order valence-corrected chi connectivity index (χ3v) is 3.66. The van der Waals surface area contributed by atoms with Crippen molar-refractivity contribution in [1.29, 1.82) is 0 Å². The van der Waals surface area contributed by atoms with Crippen molar-refractivity contribution in [3.05, 3.63) is 59.2 Å². The molecule has 0 aliphatic heterocycles. The van der Waals surface area contributed by atoms with Gasteiger partial charge in [-0.3, -0.25) is 0 Å². The van der Waals surface area contributed by atoms with Crippen LogP contribution in [0.4, 0.5) is 0 Å². The minimum Gasteiger partial charge on any atom is -0.493 e. The number of methoxy groups -OCH3 is 2. The minimum atomic E-state index is 0.512. The van der Waals surface area contributed by atoms with Gasteiger partial charge in [-0.2, -0.15) is 0 Å². The summed E-state index contributed by atoms with van der Waals surface area (Å²) >= 11 is 0. The van der Waals surface area contributed by atoms with Crippen LogP contribution < -0.4 is 14.8 Å². The maximum absolute atomic E-state index is 9.57. The first kappa shape index (κ1) is 16.8. The fourth-order valence-electron chi connectivity index (χ4n) is 2.47. The zero-order chi connectivity index (χ0) is 16.7. The van der Waals surface area contributed by atoms with Crippen LogP contribution in [0.2, 0.25) is 0 Å². The molecule has 23 heavy (non-hydrogen) atoms. The first-order chi connectivity index (χ1) is 11.2. The Labute approximate surface area is 136 Å². The molecule has 0 radical (unpaired) electrons. The molecule has 0 heterocycles. The van der Waals surface area contributed by atoms with Crippen LogP contribution >= 0.6 is 0 Å². The third-order valence-electron chi connectivity index (χ3n) is 3.66. The van der Waals surface area contributed by atoms with Gasteiger partial charge in [0.2, 0.25) is 0 Å². The van der Waals surface area contributed by atoms with Crippen LogP contribution in [0.3, 0.4) is 0 Å². The van der Waals surface area contributed by atoms with Gasteiger partial charge in [-0.25, -0.2) is 0 Å². The van der Waals surface area contributed by atoms with E-state index in [2.05, 4.69) is 10.5 Å². The smallest absolute Gasteiger partial charge is 0.161 e. The maximum atomic E-state index is 9.57. The Hall–Kier alpha value is -2.53. The van der Waals surface area contributed by atoms with Crippen molar-refractivity contribution in [3.63, 3.8) is 0 Å². The van der Waals surface area contributed by atoms with Crippen molar-refractivity contribution in [2.45, 2.75) is 6.42 Å². The monoisotopic (exact) mass is 314 g/mol. The summed E-state index contributed by atoms with van der Waals surface area (Å²) in [5, 5.41) is 16.2. The normalized spacial score (nSPS) is 11.3. The van der Waals surface area contributed by atoms with E-state index in [0.29, 0.717) is 17.2 Å². The molecule has 0 unspecified atom stereocenters. The van der Waals surface area contributed by atoms with Gasteiger partial charge in [-0.05, 0) is 37.7 Å². The van der Waals surface area contributed by atoms with Gasteiger partial charge in [-0.1, -0.05) is 35.5 Å². The number of benzene rings is 2. The van der Waals surface area contributed by atoms with E-state index in [-0.39, 0.29) is 0 Å². The average molecular weight is 314 g/mol. The zero-order valence-electron chi connectivity index (χ0n) is 13.7. The molecule has 0 atom stereocenters. The van der Waals surface area contributed by atoms with E-state index in [0.717, 1.165) is 29.7 Å². The second-order valence-electron chi connectivity index (χ2n) is 5.03. The van der Waals surface area contributed by atoms with E-state index < -0.39 is 0 Å². The van der Waals surface area contributed by atoms with Gasteiger partial charge < -0.3 is 20.0 Å². The Kier molecular flexibility index (Phi) is 6.00. The van der Waals surface area contributed by atoms with Crippen LogP contribution in [0.1, 0.15) is 16.7 Å². The molecule has 5 heteroatoms. The lowest BCUT2D eigenvalue weighted by Gasteiger charge is -2.16. The van der Waals surface area contributed by atoms with Crippen LogP contribution in [0.25, 0.3) is 0 Å². The van der Waals surface area contributed by atoms with E-state index in [1.807, 2.05) is 49.5 Å². The lowest BCUT2D eigenvalue weighted by molar-refractivity contribution is 0.319. The van der Waals surface area contributed by atoms with Gasteiger partial charge in [0.05, 0.1) is 14.2 Å². The quantitative estimate of drug-likeness (QED) is 0.468. The average Bonchev–Trinajstić information content (AvgIpc) is 2.61. The second-order valence-corrected chi connectivity index (χ2v) is 5.03. The van der Waals surface area contributed by atoms with Crippen molar-refractivity contribution in [2.24, 2.45) is 5.16 Å². The number of hydrogen-bond acceptors (Lipinski definition) is 5. The summed E-state index contributed by atoms with van der Waals surface area (Å²) in [5.74, 6) is 1.26. The van der Waals surface area contributed by atoms with Gasteiger partial charge in [0.1, 0.15) is 5.71 Å². The van der Waals surface area contributed by atoms with Crippen molar-refractivity contribution >= 4 is 5.71 Å². The van der Waals surface area contributed by atoms with E-state index in [1.54, 1.807) is 14.2 Å². The molecule has 122 valence electrons. The molecule has 2 rings (SSSR count). The molecule has 0 amide bonds. The molecular formula is C18H22N2O3. The second kappa shape index (κ2) is 8.19. The lowest BCUT2D eigenvalue weighted by Crippen LogP contribution is -2.14. The molecule has 0 aliphatic carbocycles. The highest BCUT2D eigenvalue weighted by Gasteiger charge is 2.17. The molecule has 0 aromatic heterocycles. The molecular weight excluding hydrogens is 292 g/mol. The first-order valence-electron chi connectivity index (χ1n) is 7.42. The molecule has 2 aromatic rings. The van der Waals surface area contributed by atoms with Gasteiger partial charge in [0, 0.05) is 11.1 Å². The van der Waals surface area contributed by atoms with E-state index in [1.165, 1.54) is 0 Å². The number of hydrogen-bond donors (Lipinski definition) is 2. The van der Waals surface area contributed by atoms with Crippen LogP contribution in [0, 0.1) is 0 Å². The Morgan fingerprint density at radius 3 is 2.30 bits per heavy atom. The Balaban J connectivity index is 2.57. The molecule has 0 aliphatic rings. The molecule has 2 aromatic carbocycles. The van der Waals surface area contributed by atoms with Gasteiger partial charge >= 0.3 is 0 Å². The largest absolute Gasteiger partial charge is 0.493 e. The van der Waals surface area contributed by atoms with Crippen LogP contribution in [0.15, 0.2) is 47.6 Å². The van der Waals surface area contributed by atoms with Crippen molar-refractivity contribution < 1.29 is 14.7 Å². The number of ether oxygens (including phenoxy) is 2.